The Morgan fingerprint density at radius 2 is 1.69 bits per heavy atom. The molecule has 0 radical (unpaired) electrons. The van der Waals surface area contributed by atoms with Crippen LogP contribution >= 0.6 is 0 Å². The van der Waals surface area contributed by atoms with Crippen LogP contribution in [-0.4, -0.2) is 5.92 Å². The molecule has 0 aromatic heterocycles. The summed E-state index contributed by atoms with van der Waals surface area (Å²) in [6.07, 6.45) is 1.72. The van der Waals surface area contributed by atoms with Crippen LogP contribution in [0.1, 0.15) is 47.0 Å². The fourth-order valence-electron chi connectivity index (χ4n) is 2.03. The van der Waals surface area contributed by atoms with Gasteiger partial charge in [-0.15, -0.1) is 0 Å². The molecule has 0 N–H and O–H groups in total. The minimum atomic E-state index is -2.43. The van der Waals surface area contributed by atoms with Crippen molar-refractivity contribution in [3.8, 4) is 0 Å². The molecule has 0 aliphatic heterocycles. The monoisotopic (exact) mass is 190 g/mol. The number of halogens is 2. The molecule has 0 amide bonds. The van der Waals surface area contributed by atoms with Gasteiger partial charge in [0.05, 0.1) is 0 Å². The summed E-state index contributed by atoms with van der Waals surface area (Å²) >= 11 is 0. The van der Waals surface area contributed by atoms with E-state index in [2.05, 4.69) is 20.8 Å². The molecular weight excluding hydrogens is 170 g/mol. The fraction of sp³-hybridized carbons (Fsp3) is 1.00. The predicted molar refractivity (Wildman–Crippen MR) is 50.9 cm³/mol. The van der Waals surface area contributed by atoms with Crippen LogP contribution in [-0.2, 0) is 0 Å². The molecule has 1 rings (SSSR count). The largest absolute Gasteiger partial charge is 0.250 e. The molecule has 2 heteroatoms. The van der Waals surface area contributed by atoms with Gasteiger partial charge in [-0.05, 0) is 24.2 Å². The summed E-state index contributed by atoms with van der Waals surface area (Å²) < 4.78 is 26.8. The zero-order valence-corrected chi connectivity index (χ0v) is 9.03. The van der Waals surface area contributed by atoms with Crippen molar-refractivity contribution >= 4 is 0 Å². The predicted octanol–water partition coefficient (Wildman–Crippen LogP) is 4.10. The Balaban J connectivity index is 2.66. The molecule has 13 heavy (non-hydrogen) atoms. The van der Waals surface area contributed by atoms with Gasteiger partial charge in [-0.1, -0.05) is 27.7 Å². The Labute approximate surface area is 79.7 Å². The van der Waals surface area contributed by atoms with E-state index in [1.54, 1.807) is 6.92 Å². The molecule has 0 bridgehead atoms. The molecule has 2 atom stereocenters. The third kappa shape index (κ3) is 2.41. The molecule has 1 aliphatic carbocycles. The summed E-state index contributed by atoms with van der Waals surface area (Å²) in [4.78, 5) is 0. The number of rotatable bonds is 0. The van der Waals surface area contributed by atoms with Crippen LogP contribution in [0.15, 0.2) is 0 Å². The van der Waals surface area contributed by atoms with Gasteiger partial charge in [-0.2, -0.15) is 0 Å². The average molecular weight is 190 g/mol. The van der Waals surface area contributed by atoms with Gasteiger partial charge in [0.2, 0.25) is 0 Å². The molecule has 0 aromatic rings. The van der Waals surface area contributed by atoms with Crippen LogP contribution in [0.5, 0.6) is 0 Å². The first-order chi connectivity index (χ1) is 5.73. The maximum Gasteiger partial charge on any atom is 0.250 e. The van der Waals surface area contributed by atoms with Gasteiger partial charge < -0.3 is 0 Å². The smallest absolute Gasteiger partial charge is 0.207 e. The van der Waals surface area contributed by atoms with Crippen LogP contribution in [0.2, 0.25) is 0 Å². The van der Waals surface area contributed by atoms with Crippen molar-refractivity contribution in [2.75, 3.05) is 0 Å². The van der Waals surface area contributed by atoms with E-state index in [-0.39, 0.29) is 17.8 Å². The summed E-state index contributed by atoms with van der Waals surface area (Å²) in [5, 5.41) is 0. The van der Waals surface area contributed by atoms with Gasteiger partial charge in [-0.25, -0.2) is 8.78 Å². The van der Waals surface area contributed by atoms with Gasteiger partial charge in [0.25, 0.3) is 5.92 Å². The van der Waals surface area contributed by atoms with Gasteiger partial charge in [0, 0.05) is 12.3 Å². The molecule has 78 valence electrons. The zero-order valence-electron chi connectivity index (χ0n) is 9.03. The molecule has 0 heterocycles. The molecule has 2 unspecified atom stereocenters. The Morgan fingerprint density at radius 3 is 2.08 bits per heavy atom. The third-order valence-electron chi connectivity index (χ3n) is 3.41. The van der Waals surface area contributed by atoms with Gasteiger partial charge >= 0.3 is 0 Å². The van der Waals surface area contributed by atoms with Crippen LogP contribution in [0.3, 0.4) is 0 Å². The Bertz CT molecular complexity index is 179. The summed E-state index contributed by atoms with van der Waals surface area (Å²) in [6, 6.07) is 0. The molecule has 1 aliphatic rings. The van der Waals surface area contributed by atoms with E-state index in [9.17, 15) is 8.78 Å². The number of hydrogen-bond acceptors (Lipinski definition) is 0. The molecule has 0 aromatic carbocycles. The molecule has 1 fully saturated rings. The summed E-state index contributed by atoms with van der Waals surface area (Å²) in [7, 11) is 0. The number of hydrogen-bond donors (Lipinski definition) is 0. The molecule has 0 nitrogen and oxygen atoms in total. The second-order valence-corrected chi connectivity index (χ2v) is 5.51. The second kappa shape index (κ2) is 3.21. The summed E-state index contributed by atoms with van der Waals surface area (Å²) in [6.45, 7) is 7.84. The highest BCUT2D eigenvalue weighted by atomic mass is 19.3. The van der Waals surface area contributed by atoms with E-state index in [1.165, 1.54) is 0 Å². The van der Waals surface area contributed by atoms with Crippen LogP contribution in [0, 0.1) is 17.3 Å². The first-order valence-corrected chi connectivity index (χ1v) is 5.11. The average Bonchev–Trinajstić information content (AvgIpc) is 1.92. The molecular formula is C11H20F2. The fourth-order valence-corrected chi connectivity index (χ4v) is 2.03. The number of alkyl halides is 2. The first kappa shape index (κ1) is 10.9. The van der Waals surface area contributed by atoms with Crippen molar-refractivity contribution in [1.82, 2.24) is 0 Å². The molecule has 0 spiro atoms. The summed E-state index contributed by atoms with van der Waals surface area (Å²) in [5.41, 5.74) is 0.0313. The zero-order chi connectivity index (χ0) is 10.3. The van der Waals surface area contributed by atoms with Crippen molar-refractivity contribution in [2.24, 2.45) is 17.3 Å². The SMILES string of the molecule is CC1CCC(C(C)(C)C)CC1(F)F. The van der Waals surface area contributed by atoms with E-state index >= 15 is 0 Å². The van der Waals surface area contributed by atoms with E-state index in [0.29, 0.717) is 6.42 Å². The van der Waals surface area contributed by atoms with Crippen molar-refractivity contribution in [1.29, 1.82) is 0 Å². The summed E-state index contributed by atoms with van der Waals surface area (Å²) in [5.74, 6) is -2.68. The maximum absolute atomic E-state index is 13.4. The lowest BCUT2D eigenvalue weighted by molar-refractivity contribution is -0.110. The normalized spacial score (nSPS) is 34.6. The van der Waals surface area contributed by atoms with Crippen LogP contribution in [0.4, 0.5) is 8.78 Å². The van der Waals surface area contributed by atoms with Crippen molar-refractivity contribution < 1.29 is 8.78 Å². The Hall–Kier alpha value is -0.140. The molecule has 1 saturated carbocycles. The van der Waals surface area contributed by atoms with Gasteiger partial charge in [-0.3, -0.25) is 0 Å². The first-order valence-electron chi connectivity index (χ1n) is 5.11. The lowest BCUT2D eigenvalue weighted by Crippen LogP contribution is -2.38. The lowest BCUT2D eigenvalue weighted by Gasteiger charge is -2.40. The van der Waals surface area contributed by atoms with Gasteiger partial charge in [0.1, 0.15) is 0 Å². The highest BCUT2D eigenvalue weighted by molar-refractivity contribution is 4.88. The minimum Gasteiger partial charge on any atom is -0.207 e. The third-order valence-corrected chi connectivity index (χ3v) is 3.41. The van der Waals surface area contributed by atoms with E-state index in [1.807, 2.05) is 0 Å². The van der Waals surface area contributed by atoms with Crippen LogP contribution in [0.25, 0.3) is 0 Å². The minimum absolute atomic E-state index is 0.0313. The van der Waals surface area contributed by atoms with Crippen LogP contribution < -0.4 is 0 Å². The standard InChI is InChI=1S/C11H20F2/c1-8-5-6-9(10(2,3)4)7-11(8,12)13/h8-9H,5-7H2,1-4H3. The van der Waals surface area contributed by atoms with Crippen molar-refractivity contribution in [3.63, 3.8) is 0 Å². The van der Waals surface area contributed by atoms with E-state index in [0.717, 1.165) is 6.42 Å². The quantitative estimate of drug-likeness (QED) is 0.539. The van der Waals surface area contributed by atoms with E-state index < -0.39 is 11.8 Å². The Kier molecular flexibility index (Phi) is 2.70. The Morgan fingerprint density at radius 1 is 1.15 bits per heavy atom. The molecule has 0 saturated heterocycles. The highest BCUT2D eigenvalue weighted by Crippen LogP contribution is 2.46. The van der Waals surface area contributed by atoms with Gasteiger partial charge in [0.15, 0.2) is 0 Å². The highest BCUT2D eigenvalue weighted by Gasteiger charge is 2.45. The van der Waals surface area contributed by atoms with Crippen molar-refractivity contribution in [3.05, 3.63) is 0 Å². The van der Waals surface area contributed by atoms with E-state index in [4.69, 9.17) is 0 Å². The van der Waals surface area contributed by atoms with Crippen molar-refractivity contribution in [2.45, 2.75) is 52.9 Å². The topological polar surface area (TPSA) is 0 Å². The second-order valence-electron chi connectivity index (χ2n) is 5.51. The lowest BCUT2D eigenvalue weighted by atomic mass is 9.68. The maximum atomic E-state index is 13.4.